The molecule has 28 heavy (non-hydrogen) atoms. The molecule has 0 unspecified atom stereocenters. The number of nitrogens with zero attached hydrogens (tertiary/aromatic N) is 2. The molecule has 1 aromatic carbocycles. The summed E-state index contributed by atoms with van der Waals surface area (Å²) >= 11 is 0. The lowest BCUT2D eigenvalue weighted by Gasteiger charge is -2.35. The van der Waals surface area contributed by atoms with E-state index in [2.05, 4.69) is 10.2 Å². The molecule has 1 aliphatic heterocycles. The normalized spacial score (nSPS) is 15.8. The molecule has 0 radical (unpaired) electrons. The van der Waals surface area contributed by atoms with Crippen molar-refractivity contribution in [2.24, 2.45) is 0 Å². The number of hydrogen-bond acceptors (Lipinski definition) is 6. The maximum Gasteiger partial charge on any atom is 0.267 e. The Morgan fingerprint density at radius 1 is 1.29 bits per heavy atom. The molecular formula is C18H26N4O5S. The summed E-state index contributed by atoms with van der Waals surface area (Å²) in [4.78, 5) is 25.4. The zero-order chi connectivity index (χ0) is 20.7. The van der Waals surface area contributed by atoms with Crippen molar-refractivity contribution in [3.05, 3.63) is 35.9 Å². The Bertz CT molecular complexity index is 832. The third kappa shape index (κ3) is 6.32. The van der Waals surface area contributed by atoms with Crippen LogP contribution in [0.1, 0.15) is 18.4 Å². The van der Waals surface area contributed by atoms with E-state index in [1.807, 2.05) is 24.3 Å². The van der Waals surface area contributed by atoms with Gasteiger partial charge in [0.05, 0.1) is 12.8 Å². The molecule has 2 amide bonds. The zero-order valence-corrected chi connectivity index (χ0v) is 16.8. The third-order valence-corrected chi connectivity index (χ3v) is 5.86. The monoisotopic (exact) mass is 410 g/mol. The number of benzene rings is 1. The number of hydrogen-bond donors (Lipinski definition) is 3. The Morgan fingerprint density at radius 3 is 2.54 bits per heavy atom. The molecule has 1 aromatic rings. The molecule has 1 fully saturated rings. The number of sulfonamides is 1. The van der Waals surface area contributed by atoms with Crippen LogP contribution in [0.25, 0.3) is 6.08 Å². The minimum absolute atomic E-state index is 0.0143. The van der Waals surface area contributed by atoms with Crippen LogP contribution in [0.3, 0.4) is 0 Å². The number of nitrogens with one attached hydrogen (secondary N) is 2. The van der Waals surface area contributed by atoms with Crippen molar-refractivity contribution in [2.45, 2.75) is 18.9 Å². The number of piperidine rings is 1. The number of anilines is 1. The number of carbonyl (C=O) groups excluding carboxylic acids is 2. The summed E-state index contributed by atoms with van der Waals surface area (Å²) in [6.45, 7) is 1.23. The van der Waals surface area contributed by atoms with Gasteiger partial charge in [0.25, 0.3) is 5.91 Å². The molecule has 1 heterocycles. The van der Waals surface area contributed by atoms with Crippen molar-refractivity contribution in [1.29, 1.82) is 0 Å². The summed E-state index contributed by atoms with van der Waals surface area (Å²) in [5, 5.41) is 11.5. The predicted octanol–water partition coefficient (Wildman–Crippen LogP) is 0.182. The highest BCUT2D eigenvalue weighted by Crippen LogP contribution is 2.25. The fourth-order valence-electron chi connectivity index (χ4n) is 2.98. The molecule has 0 saturated carbocycles. The molecule has 154 valence electrons. The molecule has 0 aliphatic carbocycles. The van der Waals surface area contributed by atoms with Gasteiger partial charge in [-0.1, -0.05) is 18.2 Å². The molecule has 10 heteroatoms. The first kappa shape index (κ1) is 21.9. The summed E-state index contributed by atoms with van der Waals surface area (Å²) in [5.41, 5.74) is 3.37. The topological polar surface area (TPSA) is 119 Å². The summed E-state index contributed by atoms with van der Waals surface area (Å²) in [7, 11) is -2.01. The molecule has 1 aliphatic rings. The lowest BCUT2D eigenvalue weighted by molar-refractivity contribution is -0.124. The lowest BCUT2D eigenvalue weighted by atomic mass is 10.0. The second-order valence-corrected chi connectivity index (χ2v) is 8.81. The van der Waals surface area contributed by atoms with E-state index in [1.54, 1.807) is 11.6 Å². The maximum absolute atomic E-state index is 12.1. The van der Waals surface area contributed by atoms with Gasteiger partial charge in [0.15, 0.2) is 0 Å². The first-order chi connectivity index (χ1) is 13.2. The fourth-order valence-corrected chi connectivity index (χ4v) is 3.33. The highest BCUT2D eigenvalue weighted by molar-refractivity contribution is 7.88. The van der Waals surface area contributed by atoms with Crippen LogP contribution < -0.4 is 15.7 Å². The summed E-state index contributed by atoms with van der Waals surface area (Å²) < 4.78 is 23.8. The number of likely N-dealkylation sites (N-methyl/N-ethyl adjacent to an activating group) is 1. The minimum atomic E-state index is -3.39. The van der Waals surface area contributed by atoms with Crippen molar-refractivity contribution in [3.8, 4) is 0 Å². The van der Waals surface area contributed by atoms with E-state index < -0.39 is 15.9 Å². The number of rotatable bonds is 7. The van der Waals surface area contributed by atoms with Crippen LogP contribution in [0, 0.1) is 0 Å². The summed E-state index contributed by atoms with van der Waals surface area (Å²) in [6.07, 6.45) is 5.40. The molecule has 1 saturated heterocycles. The van der Waals surface area contributed by atoms with Crippen LogP contribution in [-0.4, -0.2) is 68.7 Å². The average molecular weight is 410 g/mol. The second-order valence-electron chi connectivity index (χ2n) is 6.72. The Hall–Kier alpha value is -2.43. The SMILES string of the molecule is CN(CC(=O)NC1CCN(c2ccccc2C=CC(=O)NO)CC1)S(C)(=O)=O. The predicted molar refractivity (Wildman–Crippen MR) is 106 cm³/mol. The molecule has 0 bridgehead atoms. The van der Waals surface area contributed by atoms with Crippen molar-refractivity contribution in [3.63, 3.8) is 0 Å². The second kappa shape index (κ2) is 9.67. The van der Waals surface area contributed by atoms with E-state index in [-0.39, 0.29) is 18.5 Å². The Labute approximate surface area is 165 Å². The van der Waals surface area contributed by atoms with Crippen molar-refractivity contribution in [2.75, 3.05) is 37.8 Å². The first-order valence-corrected chi connectivity index (χ1v) is 10.7. The third-order valence-electron chi connectivity index (χ3n) is 4.59. The smallest absolute Gasteiger partial charge is 0.267 e. The quantitative estimate of drug-likeness (QED) is 0.335. The van der Waals surface area contributed by atoms with Gasteiger partial charge in [-0.2, -0.15) is 4.31 Å². The van der Waals surface area contributed by atoms with Crippen LogP contribution in [0.5, 0.6) is 0 Å². The van der Waals surface area contributed by atoms with Gasteiger partial charge in [-0.05, 0) is 30.5 Å². The molecule has 0 spiro atoms. The minimum Gasteiger partial charge on any atom is -0.371 e. The first-order valence-electron chi connectivity index (χ1n) is 8.87. The molecule has 2 rings (SSSR count). The van der Waals surface area contributed by atoms with Crippen LogP contribution in [0.15, 0.2) is 30.3 Å². The van der Waals surface area contributed by atoms with E-state index in [0.717, 1.165) is 34.7 Å². The Kier molecular flexibility index (Phi) is 7.55. The van der Waals surface area contributed by atoms with Gasteiger partial charge < -0.3 is 10.2 Å². The van der Waals surface area contributed by atoms with Gasteiger partial charge in [0, 0.05) is 37.9 Å². The summed E-state index contributed by atoms with van der Waals surface area (Å²) in [5.74, 6) is -0.917. The van der Waals surface area contributed by atoms with E-state index in [1.165, 1.54) is 13.1 Å². The molecular weight excluding hydrogens is 384 g/mol. The van der Waals surface area contributed by atoms with E-state index in [0.29, 0.717) is 13.1 Å². The summed E-state index contributed by atoms with van der Waals surface area (Å²) in [6, 6.07) is 7.60. The molecule has 9 nitrogen and oxygen atoms in total. The van der Waals surface area contributed by atoms with Crippen LogP contribution in [-0.2, 0) is 19.6 Å². The lowest BCUT2D eigenvalue weighted by Crippen LogP contribution is -2.47. The van der Waals surface area contributed by atoms with Gasteiger partial charge in [-0.25, -0.2) is 13.9 Å². The Morgan fingerprint density at radius 2 is 1.93 bits per heavy atom. The molecule has 3 N–H and O–H groups in total. The van der Waals surface area contributed by atoms with Crippen LogP contribution in [0.4, 0.5) is 5.69 Å². The maximum atomic E-state index is 12.1. The number of amides is 2. The molecule has 0 atom stereocenters. The number of carbonyl (C=O) groups is 2. The average Bonchev–Trinajstić information content (AvgIpc) is 2.66. The van der Waals surface area contributed by atoms with Crippen molar-refractivity contribution in [1.82, 2.24) is 15.1 Å². The van der Waals surface area contributed by atoms with E-state index in [4.69, 9.17) is 5.21 Å². The number of hydroxylamine groups is 1. The van der Waals surface area contributed by atoms with Crippen molar-refractivity contribution >= 4 is 33.6 Å². The molecule has 0 aromatic heterocycles. The van der Waals surface area contributed by atoms with Crippen LogP contribution >= 0.6 is 0 Å². The van der Waals surface area contributed by atoms with Gasteiger partial charge in [-0.3, -0.25) is 14.8 Å². The van der Waals surface area contributed by atoms with E-state index >= 15 is 0 Å². The zero-order valence-electron chi connectivity index (χ0n) is 16.0. The number of para-hydroxylation sites is 1. The highest BCUT2D eigenvalue weighted by atomic mass is 32.2. The highest BCUT2D eigenvalue weighted by Gasteiger charge is 2.23. The van der Waals surface area contributed by atoms with Crippen LogP contribution in [0.2, 0.25) is 0 Å². The Balaban J connectivity index is 1.93. The fraction of sp³-hybridized carbons (Fsp3) is 0.444. The van der Waals surface area contributed by atoms with Gasteiger partial charge in [0.1, 0.15) is 0 Å². The van der Waals surface area contributed by atoms with Gasteiger partial charge in [-0.15, -0.1) is 0 Å². The standard InChI is InChI=1S/C18H26N4O5S/c1-21(28(2,26)27)13-18(24)19-15-9-11-22(12-10-15)16-6-4-3-5-14(16)7-8-17(23)20-25/h3-8,15,25H,9-13H2,1-2H3,(H,19,24)(H,20,23). The van der Waals surface area contributed by atoms with Crippen molar-refractivity contribution < 1.29 is 23.2 Å². The van der Waals surface area contributed by atoms with Gasteiger partial charge >= 0.3 is 0 Å². The largest absolute Gasteiger partial charge is 0.371 e. The van der Waals surface area contributed by atoms with Gasteiger partial charge in [0.2, 0.25) is 15.9 Å². The van der Waals surface area contributed by atoms with E-state index in [9.17, 15) is 18.0 Å².